The van der Waals surface area contributed by atoms with E-state index >= 15 is 0 Å². The lowest BCUT2D eigenvalue weighted by Gasteiger charge is -2.22. The van der Waals surface area contributed by atoms with Crippen molar-refractivity contribution in [2.45, 2.75) is 6.92 Å². The number of amides is 2. The van der Waals surface area contributed by atoms with Gasteiger partial charge in [0.1, 0.15) is 0 Å². The average molecular weight is 420 g/mol. The molecular weight excluding hydrogens is 408 g/mol. The van der Waals surface area contributed by atoms with E-state index in [0.717, 1.165) is 24.3 Å². The second kappa shape index (κ2) is 8.55. The summed E-state index contributed by atoms with van der Waals surface area (Å²) in [6.07, 6.45) is 0. The largest absolute Gasteiger partial charge is 0.338 e. The minimum atomic E-state index is -1.10. The molecule has 0 aliphatic carbocycles. The Hall–Kier alpha value is -4.69. The van der Waals surface area contributed by atoms with Crippen LogP contribution in [0.2, 0.25) is 0 Å². The molecule has 0 fully saturated rings. The summed E-state index contributed by atoms with van der Waals surface area (Å²) in [5, 5.41) is 47.3. The van der Waals surface area contributed by atoms with Crippen LogP contribution >= 0.6 is 0 Å². The summed E-state index contributed by atoms with van der Waals surface area (Å²) < 4.78 is 0. The van der Waals surface area contributed by atoms with Crippen molar-refractivity contribution in [2.24, 2.45) is 0 Å². The molecule has 156 valence electrons. The maximum absolute atomic E-state index is 12.6. The number of nitrogens with one attached hydrogen (secondary N) is 1. The number of benzene rings is 2. The van der Waals surface area contributed by atoms with Gasteiger partial charge in [-0.3, -0.25) is 45.4 Å². The quantitative estimate of drug-likeness (QED) is 0.514. The van der Waals surface area contributed by atoms with Gasteiger partial charge in [0, 0.05) is 18.7 Å². The molecule has 0 bridgehead atoms. The summed E-state index contributed by atoms with van der Waals surface area (Å²) in [6, 6.07) is 4.05. The molecule has 0 saturated heterocycles. The monoisotopic (exact) mass is 420 g/mol. The Morgan fingerprint density at radius 1 is 0.833 bits per heavy atom. The molecule has 15 heteroatoms. The van der Waals surface area contributed by atoms with Gasteiger partial charge in [-0.15, -0.1) is 0 Å². The van der Waals surface area contributed by atoms with Gasteiger partial charge in [-0.25, -0.2) is 4.79 Å². The summed E-state index contributed by atoms with van der Waals surface area (Å²) in [4.78, 5) is 54.2. The van der Waals surface area contributed by atoms with Gasteiger partial charge in [-0.2, -0.15) is 0 Å². The molecule has 0 spiro atoms. The predicted octanol–water partition coefficient (Wildman–Crippen LogP) is 3.19. The fourth-order valence-corrected chi connectivity index (χ4v) is 2.50. The molecule has 2 aromatic carbocycles. The van der Waals surface area contributed by atoms with Crippen LogP contribution in [0.3, 0.4) is 0 Å². The smallest absolute Gasteiger partial charge is 0.326 e. The van der Waals surface area contributed by atoms with Gasteiger partial charge < -0.3 is 5.32 Å². The van der Waals surface area contributed by atoms with E-state index in [1.807, 2.05) is 0 Å². The summed E-state index contributed by atoms with van der Waals surface area (Å²) in [6.45, 7) is 1.56. The van der Waals surface area contributed by atoms with Gasteiger partial charge in [0.25, 0.3) is 11.4 Å². The maximum Gasteiger partial charge on any atom is 0.326 e. The van der Waals surface area contributed by atoms with E-state index in [1.54, 1.807) is 0 Å². The molecule has 1 N–H and O–H groups in total. The second-order valence-corrected chi connectivity index (χ2v) is 5.55. The zero-order valence-electron chi connectivity index (χ0n) is 15.1. The van der Waals surface area contributed by atoms with Crippen LogP contribution in [0, 0.1) is 40.5 Å². The summed E-state index contributed by atoms with van der Waals surface area (Å²) in [5.41, 5.74) is -4.43. The first-order valence-corrected chi connectivity index (χ1v) is 8.02. The highest BCUT2D eigenvalue weighted by atomic mass is 16.6. The SMILES string of the molecule is CCNC(=O)N(c1ccc([N+](=O)[O-])cc1)c1c([N+](=O)[O-])cc([N+](=O)[O-])cc1[N+](=O)[O-]. The molecule has 0 aliphatic heterocycles. The molecule has 0 heterocycles. The molecule has 0 aliphatic rings. The molecule has 15 nitrogen and oxygen atoms in total. The molecule has 0 atom stereocenters. The Labute approximate surface area is 166 Å². The van der Waals surface area contributed by atoms with Gasteiger partial charge in [0.15, 0.2) is 0 Å². The highest BCUT2D eigenvalue weighted by Crippen LogP contribution is 2.44. The number of hydrogen-bond donors (Lipinski definition) is 1. The van der Waals surface area contributed by atoms with Gasteiger partial charge >= 0.3 is 17.4 Å². The van der Waals surface area contributed by atoms with E-state index in [4.69, 9.17) is 0 Å². The van der Waals surface area contributed by atoms with Crippen LogP contribution < -0.4 is 10.2 Å². The third kappa shape index (κ3) is 4.24. The lowest BCUT2D eigenvalue weighted by atomic mass is 10.1. The Morgan fingerprint density at radius 2 is 1.30 bits per heavy atom. The summed E-state index contributed by atoms with van der Waals surface area (Å²) in [5.74, 6) is 0. The number of nitrogens with zero attached hydrogens (tertiary/aromatic N) is 5. The van der Waals surface area contributed by atoms with E-state index in [9.17, 15) is 45.3 Å². The molecule has 2 rings (SSSR count). The number of rotatable bonds is 7. The van der Waals surface area contributed by atoms with Crippen LogP contribution in [0.1, 0.15) is 6.92 Å². The first kappa shape index (κ1) is 21.6. The molecule has 0 radical (unpaired) electrons. The first-order chi connectivity index (χ1) is 14.1. The highest BCUT2D eigenvalue weighted by molar-refractivity contribution is 6.04. The van der Waals surface area contributed by atoms with Gasteiger partial charge in [-0.05, 0) is 19.1 Å². The zero-order valence-corrected chi connectivity index (χ0v) is 15.1. The normalized spacial score (nSPS) is 10.2. The van der Waals surface area contributed by atoms with Crippen LogP contribution in [0.15, 0.2) is 36.4 Å². The van der Waals surface area contributed by atoms with E-state index < -0.39 is 48.5 Å². The Morgan fingerprint density at radius 3 is 1.67 bits per heavy atom. The van der Waals surface area contributed by atoms with Crippen LogP contribution in [0.4, 0.5) is 38.9 Å². The molecule has 30 heavy (non-hydrogen) atoms. The van der Waals surface area contributed by atoms with Crippen molar-refractivity contribution in [3.63, 3.8) is 0 Å². The van der Waals surface area contributed by atoms with Crippen LogP contribution in [0.5, 0.6) is 0 Å². The zero-order chi connectivity index (χ0) is 22.6. The molecule has 0 unspecified atom stereocenters. The number of urea groups is 1. The highest BCUT2D eigenvalue weighted by Gasteiger charge is 2.37. The molecular formula is C15H12N6O9. The minimum Gasteiger partial charge on any atom is -0.338 e. The summed E-state index contributed by atoms with van der Waals surface area (Å²) >= 11 is 0. The lowest BCUT2D eigenvalue weighted by molar-refractivity contribution is -0.402. The van der Waals surface area contributed by atoms with Crippen LogP contribution in [-0.4, -0.2) is 32.3 Å². The number of anilines is 2. The number of carbonyl (C=O) groups excluding carboxylic acids is 1. The van der Waals surface area contributed by atoms with Crippen molar-refractivity contribution in [3.05, 3.63) is 76.9 Å². The van der Waals surface area contributed by atoms with Gasteiger partial charge in [0.05, 0.1) is 37.5 Å². The van der Waals surface area contributed by atoms with Gasteiger partial charge in [-0.1, -0.05) is 0 Å². The number of nitro groups is 4. The molecule has 0 aromatic heterocycles. The van der Waals surface area contributed by atoms with Crippen molar-refractivity contribution in [1.82, 2.24) is 5.32 Å². The van der Waals surface area contributed by atoms with E-state index in [0.29, 0.717) is 17.0 Å². The van der Waals surface area contributed by atoms with Crippen LogP contribution in [-0.2, 0) is 0 Å². The molecule has 2 amide bonds. The Kier molecular flexibility index (Phi) is 6.16. The van der Waals surface area contributed by atoms with E-state index in [-0.39, 0.29) is 17.9 Å². The van der Waals surface area contributed by atoms with Crippen molar-refractivity contribution in [3.8, 4) is 0 Å². The predicted molar refractivity (Wildman–Crippen MR) is 101 cm³/mol. The van der Waals surface area contributed by atoms with Crippen molar-refractivity contribution < 1.29 is 24.5 Å². The topological polar surface area (TPSA) is 205 Å². The average Bonchev–Trinajstić information content (AvgIpc) is 2.68. The number of hydrogen-bond acceptors (Lipinski definition) is 9. The number of carbonyl (C=O) groups is 1. The minimum absolute atomic E-state index is 0.0386. The summed E-state index contributed by atoms with van der Waals surface area (Å²) in [7, 11) is 0. The second-order valence-electron chi connectivity index (χ2n) is 5.55. The third-order valence-corrected chi connectivity index (χ3v) is 3.73. The van der Waals surface area contributed by atoms with Gasteiger partial charge in [0.2, 0.25) is 5.69 Å². The maximum atomic E-state index is 12.6. The third-order valence-electron chi connectivity index (χ3n) is 3.73. The van der Waals surface area contributed by atoms with Crippen LogP contribution in [0.25, 0.3) is 0 Å². The number of nitro benzene ring substituents is 4. The van der Waals surface area contributed by atoms with E-state index in [2.05, 4.69) is 5.32 Å². The van der Waals surface area contributed by atoms with E-state index in [1.165, 1.54) is 6.92 Å². The Bertz CT molecular complexity index is 1020. The standard InChI is InChI=1S/C15H12N6O9/c1-2-16-15(22)17(9-3-5-10(6-4-9)18(23)24)14-12(20(27)28)7-11(19(25)26)8-13(14)21(29)30/h3-8H,2H2,1H3,(H,16,22). The van der Waals surface area contributed by atoms with Crippen molar-refractivity contribution in [1.29, 1.82) is 0 Å². The Balaban J connectivity index is 2.87. The molecule has 0 saturated carbocycles. The first-order valence-electron chi connectivity index (χ1n) is 8.02. The fourth-order valence-electron chi connectivity index (χ4n) is 2.50. The van der Waals surface area contributed by atoms with Crippen molar-refractivity contribution >= 4 is 40.2 Å². The number of non-ortho nitro benzene ring substituents is 2. The lowest BCUT2D eigenvalue weighted by Crippen LogP contribution is -2.37. The fraction of sp³-hybridized carbons (Fsp3) is 0.133. The molecule has 2 aromatic rings. The van der Waals surface area contributed by atoms with Crippen molar-refractivity contribution in [2.75, 3.05) is 11.4 Å².